The number of aryl methyl sites for hydroxylation is 1. The summed E-state index contributed by atoms with van der Waals surface area (Å²) >= 11 is 0. The first-order valence-electron chi connectivity index (χ1n) is 7.62. The number of hydrogen-bond donors (Lipinski definition) is 1. The molecule has 3 rings (SSSR count). The molecule has 1 atom stereocenters. The summed E-state index contributed by atoms with van der Waals surface area (Å²) < 4.78 is 8.15. The van der Waals surface area contributed by atoms with Gasteiger partial charge >= 0.3 is 0 Å². The summed E-state index contributed by atoms with van der Waals surface area (Å²) in [5.74, 6) is 0. The van der Waals surface area contributed by atoms with Gasteiger partial charge in [0.25, 0.3) is 0 Å². The fourth-order valence-corrected chi connectivity index (χ4v) is 3.52. The highest BCUT2D eigenvalue weighted by molar-refractivity contribution is 5.03. The highest BCUT2D eigenvalue weighted by atomic mass is 16.5. The SMILES string of the molecule is Cn1cc(CCNCC2CCC3(CCCC3)O2)cn1. The van der Waals surface area contributed by atoms with Crippen LogP contribution in [-0.2, 0) is 18.2 Å². The highest BCUT2D eigenvalue weighted by Gasteiger charge is 2.41. The minimum Gasteiger partial charge on any atom is -0.370 e. The van der Waals surface area contributed by atoms with Crippen LogP contribution in [0.4, 0.5) is 0 Å². The van der Waals surface area contributed by atoms with Crippen LogP contribution >= 0.6 is 0 Å². The summed E-state index contributed by atoms with van der Waals surface area (Å²) in [6.07, 6.45) is 13.3. The Morgan fingerprint density at radius 3 is 3.00 bits per heavy atom. The lowest BCUT2D eigenvalue weighted by atomic mass is 9.98. The first kappa shape index (κ1) is 13.1. The van der Waals surface area contributed by atoms with Gasteiger partial charge in [0.15, 0.2) is 0 Å². The first-order chi connectivity index (χ1) is 9.26. The molecule has 19 heavy (non-hydrogen) atoms. The van der Waals surface area contributed by atoms with Crippen LogP contribution in [0.5, 0.6) is 0 Å². The summed E-state index contributed by atoms with van der Waals surface area (Å²) in [4.78, 5) is 0. The zero-order valence-electron chi connectivity index (χ0n) is 11.9. The lowest BCUT2D eigenvalue weighted by Crippen LogP contribution is -2.31. The van der Waals surface area contributed by atoms with E-state index < -0.39 is 0 Å². The number of aromatic nitrogens is 2. The van der Waals surface area contributed by atoms with Gasteiger partial charge in [-0.15, -0.1) is 0 Å². The van der Waals surface area contributed by atoms with Crippen LogP contribution in [0.1, 0.15) is 44.1 Å². The maximum Gasteiger partial charge on any atom is 0.0708 e. The van der Waals surface area contributed by atoms with Gasteiger partial charge in [0.05, 0.1) is 17.9 Å². The monoisotopic (exact) mass is 263 g/mol. The number of nitrogens with zero attached hydrogens (tertiary/aromatic N) is 2. The molecule has 1 aliphatic heterocycles. The van der Waals surface area contributed by atoms with Gasteiger partial charge in [-0.2, -0.15) is 5.10 Å². The van der Waals surface area contributed by atoms with E-state index >= 15 is 0 Å². The van der Waals surface area contributed by atoms with Crippen molar-refractivity contribution < 1.29 is 4.74 Å². The van der Waals surface area contributed by atoms with Crippen LogP contribution in [0.25, 0.3) is 0 Å². The molecular weight excluding hydrogens is 238 g/mol. The minimum atomic E-state index is 0.274. The highest BCUT2D eigenvalue weighted by Crippen LogP contribution is 2.43. The summed E-state index contributed by atoms with van der Waals surface area (Å²) in [5.41, 5.74) is 1.57. The standard InChI is InChI=1S/C15H25N3O/c1-18-12-13(10-17-18)5-9-16-11-14-4-8-15(19-14)6-2-3-7-15/h10,12,14,16H,2-9,11H2,1H3. The predicted molar refractivity (Wildman–Crippen MR) is 75.1 cm³/mol. The fraction of sp³-hybridized carbons (Fsp3) is 0.800. The van der Waals surface area contributed by atoms with E-state index in [0.717, 1.165) is 19.5 Å². The van der Waals surface area contributed by atoms with Gasteiger partial charge < -0.3 is 10.1 Å². The Morgan fingerprint density at radius 2 is 2.26 bits per heavy atom. The van der Waals surface area contributed by atoms with Crippen LogP contribution in [0.3, 0.4) is 0 Å². The van der Waals surface area contributed by atoms with Gasteiger partial charge in [0.1, 0.15) is 0 Å². The molecule has 0 radical (unpaired) electrons. The molecule has 1 spiro atoms. The second-order valence-corrected chi connectivity index (χ2v) is 6.15. The molecule has 0 amide bonds. The first-order valence-corrected chi connectivity index (χ1v) is 7.62. The van der Waals surface area contributed by atoms with Crippen LogP contribution in [-0.4, -0.2) is 34.6 Å². The average Bonchev–Trinajstić information content (AvgIpc) is 3.10. The molecule has 0 aromatic carbocycles. The normalized spacial score (nSPS) is 25.4. The Balaban J connectivity index is 1.35. The fourth-order valence-electron chi connectivity index (χ4n) is 3.52. The van der Waals surface area contributed by atoms with E-state index in [4.69, 9.17) is 4.74 Å². The smallest absolute Gasteiger partial charge is 0.0708 e. The second kappa shape index (κ2) is 5.63. The third kappa shape index (κ3) is 3.18. The van der Waals surface area contributed by atoms with Gasteiger partial charge in [-0.25, -0.2) is 0 Å². The number of nitrogens with one attached hydrogen (secondary N) is 1. The minimum absolute atomic E-state index is 0.274. The number of hydrogen-bond acceptors (Lipinski definition) is 3. The van der Waals surface area contributed by atoms with E-state index in [1.54, 1.807) is 0 Å². The molecule has 4 nitrogen and oxygen atoms in total. The topological polar surface area (TPSA) is 39.1 Å². The van der Waals surface area contributed by atoms with Crippen LogP contribution in [0.15, 0.2) is 12.4 Å². The molecule has 1 unspecified atom stereocenters. The van der Waals surface area contributed by atoms with E-state index in [-0.39, 0.29) is 5.60 Å². The average molecular weight is 263 g/mol. The molecule has 1 saturated carbocycles. The molecule has 1 aromatic rings. The van der Waals surface area contributed by atoms with Crippen molar-refractivity contribution in [3.05, 3.63) is 18.0 Å². The van der Waals surface area contributed by atoms with Crippen LogP contribution < -0.4 is 5.32 Å². The summed E-state index contributed by atoms with van der Waals surface area (Å²) in [6.45, 7) is 2.01. The van der Waals surface area contributed by atoms with Crippen molar-refractivity contribution in [1.29, 1.82) is 0 Å². The van der Waals surface area contributed by atoms with Crippen molar-refractivity contribution in [2.45, 2.75) is 56.7 Å². The molecular formula is C15H25N3O. The summed E-state index contributed by atoms with van der Waals surface area (Å²) in [6, 6.07) is 0. The zero-order valence-corrected chi connectivity index (χ0v) is 11.9. The van der Waals surface area contributed by atoms with Gasteiger partial charge in [0, 0.05) is 19.8 Å². The van der Waals surface area contributed by atoms with Gasteiger partial charge in [-0.3, -0.25) is 4.68 Å². The zero-order chi connectivity index (χ0) is 13.1. The maximum atomic E-state index is 6.29. The van der Waals surface area contributed by atoms with Gasteiger partial charge in [-0.05, 0) is 44.2 Å². The van der Waals surface area contributed by atoms with Crippen molar-refractivity contribution in [3.63, 3.8) is 0 Å². The van der Waals surface area contributed by atoms with E-state index in [0.29, 0.717) is 6.10 Å². The maximum absolute atomic E-state index is 6.29. The molecule has 106 valence electrons. The largest absolute Gasteiger partial charge is 0.370 e. The van der Waals surface area contributed by atoms with Crippen molar-refractivity contribution >= 4 is 0 Å². The molecule has 1 aliphatic carbocycles. The lowest BCUT2D eigenvalue weighted by molar-refractivity contribution is -0.0349. The number of ether oxygens (including phenoxy) is 1. The van der Waals surface area contributed by atoms with E-state index in [2.05, 4.69) is 16.6 Å². The Kier molecular flexibility index (Phi) is 3.89. The third-order valence-electron chi connectivity index (χ3n) is 4.57. The van der Waals surface area contributed by atoms with E-state index in [1.165, 1.54) is 44.1 Å². The Labute approximate surface area is 115 Å². The Bertz CT molecular complexity index is 409. The molecule has 2 aliphatic rings. The Hall–Kier alpha value is -0.870. The molecule has 0 bridgehead atoms. The molecule has 2 heterocycles. The summed E-state index contributed by atoms with van der Waals surface area (Å²) in [5, 5.41) is 7.71. The quantitative estimate of drug-likeness (QED) is 0.826. The van der Waals surface area contributed by atoms with E-state index in [1.807, 2.05) is 17.9 Å². The van der Waals surface area contributed by atoms with Crippen molar-refractivity contribution in [3.8, 4) is 0 Å². The molecule has 1 N–H and O–H groups in total. The predicted octanol–water partition coefficient (Wildman–Crippen LogP) is 2.04. The third-order valence-corrected chi connectivity index (χ3v) is 4.57. The van der Waals surface area contributed by atoms with Crippen molar-refractivity contribution in [1.82, 2.24) is 15.1 Å². The molecule has 4 heteroatoms. The van der Waals surface area contributed by atoms with Crippen molar-refractivity contribution in [2.75, 3.05) is 13.1 Å². The van der Waals surface area contributed by atoms with E-state index in [9.17, 15) is 0 Å². The molecule has 1 aromatic heterocycles. The second-order valence-electron chi connectivity index (χ2n) is 6.15. The Morgan fingerprint density at radius 1 is 1.42 bits per heavy atom. The summed E-state index contributed by atoms with van der Waals surface area (Å²) in [7, 11) is 1.96. The molecule has 1 saturated heterocycles. The molecule has 2 fully saturated rings. The number of rotatable bonds is 5. The van der Waals surface area contributed by atoms with Crippen LogP contribution in [0.2, 0.25) is 0 Å². The van der Waals surface area contributed by atoms with Crippen LogP contribution in [0, 0.1) is 0 Å². The lowest BCUT2D eigenvalue weighted by Gasteiger charge is -2.23. The van der Waals surface area contributed by atoms with Gasteiger partial charge in [-0.1, -0.05) is 12.8 Å². The van der Waals surface area contributed by atoms with Crippen molar-refractivity contribution in [2.24, 2.45) is 7.05 Å². The van der Waals surface area contributed by atoms with Gasteiger partial charge in [0.2, 0.25) is 0 Å².